The third-order valence-corrected chi connectivity index (χ3v) is 5.25. The maximum Gasteiger partial charge on any atom is 0.0779 e. The first kappa shape index (κ1) is 15.3. The summed E-state index contributed by atoms with van der Waals surface area (Å²) in [4.78, 5) is 2.59. The Kier molecular flexibility index (Phi) is 4.87. The molecule has 4 heteroatoms. The Morgan fingerprint density at radius 2 is 2.29 bits per heavy atom. The number of rotatable bonds is 4. The molecule has 1 saturated heterocycles. The maximum atomic E-state index is 5.96. The molecule has 0 amide bonds. The molecule has 21 heavy (non-hydrogen) atoms. The number of nitrogens with one attached hydrogen (secondary N) is 1. The van der Waals surface area contributed by atoms with Crippen LogP contribution >= 0.6 is 15.9 Å². The first-order valence-electron chi connectivity index (χ1n) is 8.11. The normalized spacial score (nSPS) is 26.7. The molecular formula is C17H25BrN2O. The van der Waals surface area contributed by atoms with Gasteiger partial charge in [-0.05, 0) is 50.4 Å². The highest BCUT2D eigenvalue weighted by atomic mass is 79.9. The predicted molar refractivity (Wildman–Crippen MR) is 91.0 cm³/mol. The van der Waals surface area contributed by atoms with E-state index in [1.165, 1.54) is 30.5 Å². The second-order valence-electron chi connectivity index (χ2n) is 6.08. The van der Waals surface area contributed by atoms with E-state index in [1.54, 1.807) is 0 Å². The molecule has 1 aliphatic heterocycles. The van der Waals surface area contributed by atoms with E-state index in [0.29, 0.717) is 18.2 Å². The standard InChI is InChI=1S/C17H25BrN2O/c1-3-19-12(2)14-8-7-13(18)11-16(14)20-9-10-21-17-6-4-5-15(17)20/h7-8,11-12,15,17,19H,3-6,9-10H2,1-2H3. The Hall–Kier alpha value is -0.580. The second-order valence-corrected chi connectivity index (χ2v) is 7.00. The quantitative estimate of drug-likeness (QED) is 0.889. The van der Waals surface area contributed by atoms with E-state index in [4.69, 9.17) is 4.74 Å². The fourth-order valence-electron chi connectivity index (χ4n) is 3.77. The van der Waals surface area contributed by atoms with Crippen LogP contribution < -0.4 is 10.2 Å². The highest BCUT2D eigenvalue weighted by molar-refractivity contribution is 9.10. The summed E-state index contributed by atoms with van der Waals surface area (Å²) in [5.41, 5.74) is 2.77. The van der Waals surface area contributed by atoms with Crippen LogP contribution in [0.4, 0.5) is 5.69 Å². The van der Waals surface area contributed by atoms with Crippen molar-refractivity contribution in [2.75, 3.05) is 24.6 Å². The predicted octanol–water partition coefficient (Wildman–Crippen LogP) is 3.88. The van der Waals surface area contributed by atoms with Crippen molar-refractivity contribution < 1.29 is 4.74 Å². The molecule has 1 N–H and O–H groups in total. The maximum absolute atomic E-state index is 5.96. The van der Waals surface area contributed by atoms with Crippen LogP contribution in [-0.2, 0) is 4.74 Å². The molecule has 0 spiro atoms. The Morgan fingerprint density at radius 1 is 1.43 bits per heavy atom. The fourth-order valence-corrected chi connectivity index (χ4v) is 4.12. The minimum atomic E-state index is 0.376. The number of hydrogen-bond acceptors (Lipinski definition) is 3. The molecule has 1 saturated carbocycles. The topological polar surface area (TPSA) is 24.5 Å². The highest BCUT2D eigenvalue weighted by Gasteiger charge is 2.37. The van der Waals surface area contributed by atoms with Crippen molar-refractivity contribution in [1.29, 1.82) is 0 Å². The summed E-state index contributed by atoms with van der Waals surface area (Å²) in [6.07, 6.45) is 4.19. The number of ether oxygens (including phenoxy) is 1. The fraction of sp³-hybridized carbons (Fsp3) is 0.647. The van der Waals surface area contributed by atoms with Crippen molar-refractivity contribution in [3.8, 4) is 0 Å². The van der Waals surface area contributed by atoms with Crippen molar-refractivity contribution >= 4 is 21.6 Å². The Bertz CT molecular complexity index is 494. The molecule has 116 valence electrons. The first-order chi connectivity index (χ1) is 10.2. The summed E-state index contributed by atoms with van der Waals surface area (Å²) in [6.45, 7) is 7.26. The number of anilines is 1. The van der Waals surface area contributed by atoms with Crippen LogP contribution in [-0.4, -0.2) is 31.8 Å². The molecule has 0 aromatic heterocycles. The van der Waals surface area contributed by atoms with Gasteiger partial charge in [0.25, 0.3) is 0 Å². The molecular weight excluding hydrogens is 328 g/mol. The molecule has 2 aliphatic rings. The number of halogens is 1. The molecule has 3 atom stereocenters. The number of morpholine rings is 1. The van der Waals surface area contributed by atoms with Crippen LogP contribution in [0, 0.1) is 0 Å². The minimum Gasteiger partial charge on any atom is -0.374 e. The highest BCUT2D eigenvalue weighted by Crippen LogP contribution is 2.37. The molecule has 1 heterocycles. The van der Waals surface area contributed by atoms with Gasteiger partial charge < -0.3 is 15.0 Å². The largest absolute Gasteiger partial charge is 0.374 e. The van der Waals surface area contributed by atoms with Gasteiger partial charge in [-0.3, -0.25) is 0 Å². The van der Waals surface area contributed by atoms with Crippen LogP contribution in [0.25, 0.3) is 0 Å². The van der Waals surface area contributed by atoms with Gasteiger partial charge >= 0.3 is 0 Å². The lowest BCUT2D eigenvalue weighted by molar-refractivity contribution is 0.0255. The van der Waals surface area contributed by atoms with E-state index >= 15 is 0 Å². The summed E-state index contributed by atoms with van der Waals surface area (Å²) < 4.78 is 7.12. The van der Waals surface area contributed by atoms with Gasteiger partial charge in [-0.15, -0.1) is 0 Å². The van der Waals surface area contributed by atoms with Crippen molar-refractivity contribution in [1.82, 2.24) is 5.32 Å². The number of nitrogens with zero attached hydrogens (tertiary/aromatic N) is 1. The zero-order valence-corrected chi connectivity index (χ0v) is 14.5. The van der Waals surface area contributed by atoms with Crippen LogP contribution in [0.15, 0.2) is 22.7 Å². The molecule has 3 unspecified atom stereocenters. The van der Waals surface area contributed by atoms with Gasteiger partial charge in [-0.25, -0.2) is 0 Å². The van der Waals surface area contributed by atoms with Crippen molar-refractivity contribution in [3.05, 3.63) is 28.2 Å². The zero-order chi connectivity index (χ0) is 14.8. The lowest BCUT2D eigenvalue weighted by atomic mass is 10.0. The van der Waals surface area contributed by atoms with Gasteiger partial charge in [0.1, 0.15) is 0 Å². The first-order valence-corrected chi connectivity index (χ1v) is 8.91. The summed E-state index contributed by atoms with van der Waals surface area (Å²) in [6, 6.07) is 7.62. The van der Waals surface area contributed by atoms with E-state index in [-0.39, 0.29) is 0 Å². The molecule has 1 aliphatic carbocycles. The summed E-state index contributed by atoms with van der Waals surface area (Å²) in [5, 5.41) is 3.55. The minimum absolute atomic E-state index is 0.376. The monoisotopic (exact) mass is 352 g/mol. The van der Waals surface area contributed by atoms with Crippen LogP contribution in [0.3, 0.4) is 0 Å². The number of hydrogen-bond donors (Lipinski definition) is 1. The lowest BCUT2D eigenvalue weighted by Crippen LogP contribution is -2.49. The van der Waals surface area contributed by atoms with Gasteiger partial charge in [0.2, 0.25) is 0 Å². The van der Waals surface area contributed by atoms with E-state index in [9.17, 15) is 0 Å². The molecule has 0 bridgehead atoms. The van der Waals surface area contributed by atoms with Crippen LogP contribution in [0.2, 0.25) is 0 Å². The third kappa shape index (κ3) is 3.13. The number of benzene rings is 1. The molecule has 3 nitrogen and oxygen atoms in total. The van der Waals surface area contributed by atoms with Crippen LogP contribution in [0.5, 0.6) is 0 Å². The SMILES string of the molecule is CCNC(C)c1ccc(Br)cc1N1CCOC2CCCC21. The Balaban J connectivity index is 1.94. The third-order valence-electron chi connectivity index (χ3n) is 4.76. The zero-order valence-electron chi connectivity index (χ0n) is 12.9. The van der Waals surface area contributed by atoms with E-state index in [2.05, 4.69) is 58.2 Å². The van der Waals surface area contributed by atoms with Crippen LogP contribution in [0.1, 0.15) is 44.7 Å². The Morgan fingerprint density at radius 3 is 3.10 bits per heavy atom. The molecule has 1 aromatic carbocycles. The average Bonchev–Trinajstić information content (AvgIpc) is 2.95. The second kappa shape index (κ2) is 6.67. The summed E-state index contributed by atoms with van der Waals surface area (Å²) >= 11 is 3.65. The lowest BCUT2D eigenvalue weighted by Gasteiger charge is -2.41. The van der Waals surface area contributed by atoms with E-state index in [0.717, 1.165) is 24.2 Å². The molecule has 0 radical (unpaired) electrons. The van der Waals surface area contributed by atoms with Gasteiger partial charge in [-0.2, -0.15) is 0 Å². The van der Waals surface area contributed by atoms with Gasteiger partial charge in [-0.1, -0.05) is 28.9 Å². The molecule has 3 rings (SSSR count). The number of fused-ring (bicyclic) bond motifs is 1. The summed E-state index contributed by atoms with van der Waals surface area (Å²) in [5.74, 6) is 0. The van der Waals surface area contributed by atoms with Crippen molar-refractivity contribution in [2.24, 2.45) is 0 Å². The molecule has 2 fully saturated rings. The van der Waals surface area contributed by atoms with Gasteiger partial charge in [0, 0.05) is 22.7 Å². The van der Waals surface area contributed by atoms with Gasteiger partial charge in [0.15, 0.2) is 0 Å². The van der Waals surface area contributed by atoms with E-state index < -0.39 is 0 Å². The average molecular weight is 353 g/mol. The van der Waals surface area contributed by atoms with E-state index in [1.807, 2.05) is 0 Å². The smallest absolute Gasteiger partial charge is 0.0779 e. The van der Waals surface area contributed by atoms with Crippen molar-refractivity contribution in [2.45, 2.75) is 51.3 Å². The Labute approximate surface area is 136 Å². The van der Waals surface area contributed by atoms with Gasteiger partial charge in [0.05, 0.1) is 18.8 Å². The summed E-state index contributed by atoms with van der Waals surface area (Å²) in [7, 11) is 0. The molecule has 1 aromatic rings. The van der Waals surface area contributed by atoms with Crippen molar-refractivity contribution in [3.63, 3.8) is 0 Å².